The van der Waals surface area contributed by atoms with Crippen LogP contribution in [-0.2, 0) is 9.63 Å². The molecule has 0 aliphatic carbocycles. The summed E-state index contributed by atoms with van der Waals surface area (Å²) >= 11 is 0. The van der Waals surface area contributed by atoms with Gasteiger partial charge in [0.2, 0.25) is 0 Å². The van der Waals surface area contributed by atoms with Crippen molar-refractivity contribution in [3.8, 4) is 0 Å². The highest BCUT2D eigenvalue weighted by Gasteiger charge is 2.39. The number of nitrogens with zero attached hydrogens (tertiary/aromatic N) is 2. The van der Waals surface area contributed by atoms with E-state index in [0.717, 1.165) is 0 Å². The van der Waals surface area contributed by atoms with Crippen molar-refractivity contribution in [2.75, 3.05) is 0 Å². The van der Waals surface area contributed by atoms with Crippen LogP contribution in [0.3, 0.4) is 0 Å². The third kappa shape index (κ3) is 2.30. The molecule has 2 aromatic rings. The molecule has 1 aliphatic rings. The molecule has 2 heterocycles. The smallest absolute Gasteiger partial charge is 0.340 e. The van der Waals surface area contributed by atoms with E-state index in [2.05, 4.69) is 5.16 Å². The van der Waals surface area contributed by atoms with Gasteiger partial charge in [0.1, 0.15) is 5.76 Å². The fraction of sp³-hybridized carbons (Fsp3) is 0.250. The van der Waals surface area contributed by atoms with Crippen LogP contribution < -0.4 is 0 Å². The Morgan fingerprint density at radius 3 is 2.22 bits per heavy atom. The minimum atomic E-state index is -0.728. The molecule has 7 nitrogen and oxygen atoms in total. The molecule has 0 N–H and O–H groups in total. The number of fused-ring (bicyclic) bond motifs is 1. The molecular formula is C16H14N2O5. The van der Waals surface area contributed by atoms with Crippen LogP contribution in [0.25, 0.3) is 0 Å². The predicted octanol–water partition coefficient (Wildman–Crippen LogP) is 2.15. The number of carbonyl (C=O) groups is 3. The van der Waals surface area contributed by atoms with Crippen molar-refractivity contribution >= 4 is 17.8 Å². The van der Waals surface area contributed by atoms with Crippen LogP contribution in [-0.4, -0.2) is 28.0 Å². The lowest BCUT2D eigenvalue weighted by molar-refractivity contribution is -0.170. The van der Waals surface area contributed by atoms with Crippen LogP contribution in [0, 0.1) is 13.8 Å². The van der Waals surface area contributed by atoms with E-state index >= 15 is 0 Å². The molecule has 0 saturated heterocycles. The summed E-state index contributed by atoms with van der Waals surface area (Å²) in [6.07, 6.45) is 0. The molecule has 0 bridgehead atoms. The molecule has 0 saturated carbocycles. The zero-order valence-corrected chi connectivity index (χ0v) is 12.8. The van der Waals surface area contributed by atoms with Crippen LogP contribution in [0.1, 0.15) is 50.6 Å². The summed E-state index contributed by atoms with van der Waals surface area (Å²) in [5, 5.41) is 4.29. The van der Waals surface area contributed by atoms with Crippen LogP contribution in [0.4, 0.5) is 0 Å². The molecule has 0 radical (unpaired) electrons. The summed E-state index contributed by atoms with van der Waals surface area (Å²) in [7, 11) is 0. The fourth-order valence-electron chi connectivity index (χ4n) is 2.65. The minimum absolute atomic E-state index is 0.218. The Balaban J connectivity index is 1.82. The highest BCUT2D eigenvalue weighted by molar-refractivity contribution is 6.20. The Labute approximate surface area is 131 Å². The summed E-state index contributed by atoms with van der Waals surface area (Å²) in [4.78, 5) is 41.7. The number of hydrogen-bond donors (Lipinski definition) is 0. The lowest BCUT2D eigenvalue weighted by Gasteiger charge is -2.16. The highest BCUT2D eigenvalue weighted by atomic mass is 16.7. The fourth-order valence-corrected chi connectivity index (χ4v) is 2.65. The maximum absolute atomic E-state index is 12.3. The molecule has 2 amide bonds. The summed E-state index contributed by atoms with van der Waals surface area (Å²) in [5.74, 6) is -2.25. The maximum Gasteiger partial charge on any atom is 0.340 e. The Hall–Kier alpha value is -2.96. The Kier molecular flexibility index (Phi) is 3.48. The molecule has 0 fully saturated rings. The van der Waals surface area contributed by atoms with Gasteiger partial charge in [0.05, 0.1) is 22.7 Å². The summed E-state index contributed by atoms with van der Waals surface area (Å²) in [5.41, 5.74) is 1.59. The van der Waals surface area contributed by atoms with Crippen molar-refractivity contribution in [2.24, 2.45) is 0 Å². The van der Waals surface area contributed by atoms with Gasteiger partial charge in [-0.15, -0.1) is 0 Å². The average molecular weight is 314 g/mol. The van der Waals surface area contributed by atoms with E-state index in [1.54, 1.807) is 32.9 Å². The Morgan fingerprint density at radius 1 is 1.17 bits per heavy atom. The van der Waals surface area contributed by atoms with Gasteiger partial charge in [-0.3, -0.25) is 9.59 Å². The van der Waals surface area contributed by atoms with Crippen molar-refractivity contribution in [1.82, 2.24) is 10.2 Å². The van der Waals surface area contributed by atoms with Crippen molar-refractivity contribution in [1.29, 1.82) is 0 Å². The number of aromatic nitrogens is 1. The molecule has 3 rings (SSSR count). The van der Waals surface area contributed by atoms with Crippen molar-refractivity contribution in [3.05, 3.63) is 52.4 Å². The van der Waals surface area contributed by atoms with Gasteiger partial charge in [0.15, 0.2) is 0 Å². The molecule has 1 atom stereocenters. The second-order valence-corrected chi connectivity index (χ2v) is 5.32. The standard InChI is InChI=1S/C16H14N2O5/c1-8(13-9(2)17-22-10(13)3)16(21)23-18-14(19)11-6-4-5-7-12(11)15(18)20/h4-8H,1-3H3. The highest BCUT2D eigenvalue weighted by Crippen LogP contribution is 2.27. The second-order valence-electron chi connectivity index (χ2n) is 5.32. The largest absolute Gasteiger partial charge is 0.361 e. The lowest BCUT2D eigenvalue weighted by atomic mass is 10.00. The number of benzene rings is 1. The van der Waals surface area contributed by atoms with Crippen molar-refractivity contribution in [2.45, 2.75) is 26.7 Å². The van der Waals surface area contributed by atoms with Gasteiger partial charge >= 0.3 is 5.97 Å². The molecule has 1 aromatic heterocycles. The first-order valence-corrected chi connectivity index (χ1v) is 7.04. The number of carbonyl (C=O) groups excluding carboxylic acids is 3. The minimum Gasteiger partial charge on any atom is -0.361 e. The summed E-state index contributed by atoms with van der Waals surface area (Å²) < 4.78 is 5.02. The topological polar surface area (TPSA) is 89.7 Å². The molecule has 0 spiro atoms. The number of hydroxylamine groups is 2. The van der Waals surface area contributed by atoms with Crippen molar-refractivity contribution in [3.63, 3.8) is 0 Å². The number of imide groups is 1. The van der Waals surface area contributed by atoms with E-state index in [1.807, 2.05) is 0 Å². The average Bonchev–Trinajstić information content (AvgIpc) is 2.99. The van der Waals surface area contributed by atoms with Crippen molar-refractivity contribution < 1.29 is 23.7 Å². The SMILES string of the molecule is Cc1noc(C)c1C(C)C(=O)ON1C(=O)c2ccccc2C1=O. The second kappa shape index (κ2) is 5.35. The zero-order valence-electron chi connectivity index (χ0n) is 12.8. The molecule has 23 heavy (non-hydrogen) atoms. The first-order valence-electron chi connectivity index (χ1n) is 7.04. The first kappa shape index (κ1) is 15.0. The predicted molar refractivity (Wildman–Crippen MR) is 77.4 cm³/mol. The third-order valence-corrected chi connectivity index (χ3v) is 3.81. The summed E-state index contributed by atoms with van der Waals surface area (Å²) in [6, 6.07) is 6.31. The Morgan fingerprint density at radius 2 is 1.74 bits per heavy atom. The van der Waals surface area contributed by atoms with E-state index in [1.165, 1.54) is 12.1 Å². The van der Waals surface area contributed by atoms with E-state index in [0.29, 0.717) is 22.1 Å². The Bertz CT molecular complexity index is 769. The summed E-state index contributed by atoms with van der Waals surface area (Å²) in [6.45, 7) is 4.99. The number of aryl methyl sites for hydroxylation is 2. The van der Waals surface area contributed by atoms with E-state index < -0.39 is 23.7 Å². The van der Waals surface area contributed by atoms with Crippen LogP contribution >= 0.6 is 0 Å². The zero-order chi connectivity index (χ0) is 16.7. The van der Waals surface area contributed by atoms with Crippen LogP contribution in [0.5, 0.6) is 0 Å². The number of hydrogen-bond acceptors (Lipinski definition) is 6. The molecule has 1 unspecified atom stereocenters. The van der Waals surface area contributed by atoms with Gasteiger partial charge in [-0.05, 0) is 32.9 Å². The molecular weight excluding hydrogens is 300 g/mol. The first-order chi connectivity index (χ1) is 10.9. The van der Waals surface area contributed by atoms with Gasteiger partial charge in [-0.1, -0.05) is 22.4 Å². The molecule has 118 valence electrons. The van der Waals surface area contributed by atoms with Crippen LogP contribution in [0.2, 0.25) is 0 Å². The van der Waals surface area contributed by atoms with Gasteiger partial charge in [-0.25, -0.2) is 4.79 Å². The maximum atomic E-state index is 12.3. The number of rotatable bonds is 3. The third-order valence-electron chi connectivity index (χ3n) is 3.81. The van der Waals surface area contributed by atoms with E-state index in [4.69, 9.17) is 9.36 Å². The number of amides is 2. The normalized spacial score (nSPS) is 14.8. The molecule has 1 aromatic carbocycles. The molecule has 7 heteroatoms. The molecule has 1 aliphatic heterocycles. The van der Waals surface area contributed by atoms with E-state index in [9.17, 15) is 14.4 Å². The van der Waals surface area contributed by atoms with E-state index in [-0.39, 0.29) is 11.1 Å². The van der Waals surface area contributed by atoms with Gasteiger partial charge in [0, 0.05) is 5.56 Å². The lowest BCUT2D eigenvalue weighted by Crippen LogP contribution is -2.34. The van der Waals surface area contributed by atoms with Gasteiger partial charge in [0.25, 0.3) is 11.8 Å². The quantitative estimate of drug-likeness (QED) is 0.806. The monoisotopic (exact) mass is 314 g/mol. The van der Waals surface area contributed by atoms with Gasteiger partial charge in [-0.2, -0.15) is 0 Å². The van der Waals surface area contributed by atoms with Crippen LogP contribution in [0.15, 0.2) is 28.8 Å². The van der Waals surface area contributed by atoms with Gasteiger partial charge < -0.3 is 9.36 Å².